The third-order valence-electron chi connectivity index (χ3n) is 2.99. The molecule has 0 unspecified atom stereocenters. The van der Waals surface area contributed by atoms with E-state index in [4.69, 9.17) is 22.9 Å². The highest BCUT2D eigenvalue weighted by Crippen LogP contribution is 2.33. The molecule has 0 saturated heterocycles. The standard InChI is InChI=1S/C14H24N6/c1-2-3-7-10-14(19-12(15)16,20-13(17)18)11-8-5-4-6-9-11/h4-6,8-9H,2-3,7,10H2,1H3,(H4,15,16,19)(H4,17,18,20). The molecule has 1 rings (SSSR count). The lowest BCUT2D eigenvalue weighted by Crippen LogP contribution is -2.35. The third-order valence-corrected chi connectivity index (χ3v) is 2.99. The van der Waals surface area contributed by atoms with Gasteiger partial charge in [-0.2, -0.15) is 0 Å². The van der Waals surface area contributed by atoms with Crippen LogP contribution in [-0.4, -0.2) is 11.9 Å². The zero-order valence-electron chi connectivity index (χ0n) is 11.9. The molecule has 0 radical (unpaired) electrons. The highest BCUT2D eigenvalue weighted by molar-refractivity contribution is 5.78. The van der Waals surface area contributed by atoms with Crippen molar-refractivity contribution < 1.29 is 0 Å². The highest BCUT2D eigenvalue weighted by Gasteiger charge is 2.31. The molecule has 0 amide bonds. The van der Waals surface area contributed by atoms with Crippen molar-refractivity contribution in [1.29, 1.82) is 0 Å². The summed E-state index contributed by atoms with van der Waals surface area (Å²) < 4.78 is 0. The Balaban J connectivity index is 3.26. The van der Waals surface area contributed by atoms with Gasteiger partial charge in [-0.05, 0) is 12.8 Å². The molecule has 0 heterocycles. The zero-order valence-corrected chi connectivity index (χ0v) is 11.9. The summed E-state index contributed by atoms with van der Waals surface area (Å²) in [5.74, 6) is -0.0642. The van der Waals surface area contributed by atoms with E-state index < -0.39 is 5.66 Å². The first-order valence-electron chi connectivity index (χ1n) is 6.77. The van der Waals surface area contributed by atoms with Crippen LogP contribution < -0.4 is 22.9 Å². The fourth-order valence-corrected chi connectivity index (χ4v) is 2.16. The Morgan fingerprint density at radius 3 is 1.95 bits per heavy atom. The van der Waals surface area contributed by atoms with Gasteiger partial charge in [-0.25, -0.2) is 9.98 Å². The zero-order chi connectivity index (χ0) is 15.0. The molecule has 0 aliphatic heterocycles. The van der Waals surface area contributed by atoms with E-state index >= 15 is 0 Å². The summed E-state index contributed by atoms with van der Waals surface area (Å²) in [7, 11) is 0. The second-order valence-corrected chi connectivity index (χ2v) is 4.71. The number of hydrogen-bond donors (Lipinski definition) is 4. The average molecular weight is 276 g/mol. The molecule has 1 aromatic rings. The van der Waals surface area contributed by atoms with Crippen molar-refractivity contribution in [2.24, 2.45) is 32.9 Å². The number of nitrogens with two attached hydrogens (primary N) is 4. The second kappa shape index (κ2) is 7.37. The van der Waals surface area contributed by atoms with Crippen LogP contribution in [0, 0.1) is 0 Å². The Hall–Kier alpha value is -2.24. The summed E-state index contributed by atoms with van der Waals surface area (Å²) in [6.07, 6.45) is 3.74. The van der Waals surface area contributed by atoms with Gasteiger partial charge in [0.2, 0.25) is 0 Å². The molecule has 110 valence electrons. The molecule has 1 aromatic carbocycles. The fourth-order valence-electron chi connectivity index (χ4n) is 2.16. The second-order valence-electron chi connectivity index (χ2n) is 4.71. The Morgan fingerprint density at radius 2 is 1.50 bits per heavy atom. The number of guanidine groups is 2. The summed E-state index contributed by atoms with van der Waals surface area (Å²) in [4.78, 5) is 8.63. The maximum atomic E-state index is 5.57. The largest absolute Gasteiger partial charge is 0.370 e. The van der Waals surface area contributed by atoms with Crippen molar-refractivity contribution >= 4 is 11.9 Å². The van der Waals surface area contributed by atoms with Gasteiger partial charge in [0.1, 0.15) is 0 Å². The molecule has 0 aliphatic rings. The summed E-state index contributed by atoms with van der Waals surface area (Å²) in [5, 5.41) is 0. The molecule has 6 nitrogen and oxygen atoms in total. The van der Waals surface area contributed by atoms with Gasteiger partial charge in [0.25, 0.3) is 0 Å². The monoisotopic (exact) mass is 276 g/mol. The number of hydrogen-bond acceptors (Lipinski definition) is 2. The topological polar surface area (TPSA) is 129 Å². The van der Waals surface area contributed by atoms with Crippen LogP contribution in [0.2, 0.25) is 0 Å². The fraction of sp³-hybridized carbons (Fsp3) is 0.429. The van der Waals surface area contributed by atoms with Crippen molar-refractivity contribution in [2.45, 2.75) is 38.3 Å². The molecule has 0 saturated carbocycles. The maximum Gasteiger partial charge on any atom is 0.188 e. The molecule has 20 heavy (non-hydrogen) atoms. The van der Waals surface area contributed by atoms with Crippen LogP contribution in [0.25, 0.3) is 0 Å². The minimum Gasteiger partial charge on any atom is -0.370 e. The molecule has 0 bridgehead atoms. The number of aliphatic imine (C=N–C) groups is 2. The van der Waals surface area contributed by atoms with Gasteiger partial charge >= 0.3 is 0 Å². The molecule has 0 fully saturated rings. The first-order chi connectivity index (χ1) is 9.50. The van der Waals surface area contributed by atoms with Crippen LogP contribution in [-0.2, 0) is 5.66 Å². The summed E-state index contributed by atoms with van der Waals surface area (Å²) in [6.45, 7) is 2.13. The molecule has 0 spiro atoms. The van der Waals surface area contributed by atoms with Gasteiger partial charge in [0.05, 0.1) is 0 Å². The number of rotatable bonds is 7. The van der Waals surface area contributed by atoms with E-state index in [1.54, 1.807) is 0 Å². The quantitative estimate of drug-likeness (QED) is 0.336. The summed E-state index contributed by atoms with van der Waals surface area (Å²) in [5.41, 5.74) is 22.2. The molecular weight excluding hydrogens is 252 g/mol. The molecular formula is C14H24N6. The smallest absolute Gasteiger partial charge is 0.188 e. The minimum atomic E-state index is -0.936. The number of nitrogens with zero attached hydrogens (tertiary/aromatic N) is 2. The van der Waals surface area contributed by atoms with E-state index in [1.807, 2.05) is 30.3 Å². The van der Waals surface area contributed by atoms with Crippen molar-refractivity contribution in [3.8, 4) is 0 Å². The van der Waals surface area contributed by atoms with Gasteiger partial charge in [-0.3, -0.25) is 0 Å². The van der Waals surface area contributed by atoms with Gasteiger partial charge in [0, 0.05) is 5.56 Å². The Bertz CT molecular complexity index is 440. The van der Waals surface area contributed by atoms with E-state index in [2.05, 4.69) is 16.9 Å². The van der Waals surface area contributed by atoms with E-state index in [0.29, 0.717) is 6.42 Å². The van der Waals surface area contributed by atoms with Crippen molar-refractivity contribution in [1.82, 2.24) is 0 Å². The lowest BCUT2D eigenvalue weighted by Gasteiger charge is -2.26. The molecule has 8 N–H and O–H groups in total. The molecule has 0 aliphatic carbocycles. The van der Waals surface area contributed by atoms with E-state index in [0.717, 1.165) is 24.8 Å². The number of unbranched alkanes of at least 4 members (excludes halogenated alkanes) is 2. The van der Waals surface area contributed by atoms with E-state index in [9.17, 15) is 0 Å². The lowest BCUT2D eigenvalue weighted by atomic mass is 9.94. The summed E-state index contributed by atoms with van der Waals surface area (Å²) >= 11 is 0. The lowest BCUT2D eigenvalue weighted by molar-refractivity contribution is 0.409. The van der Waals surface area contributed by atoms with Crippen LogP contribution in [0.5, 0.6) is 0 Å². The van der Waals surface area contributed by atoms with Crippen LogP contribution in [0.15, 0.2) is 40.3 Å². The van der Waals surface area contributed by atoms with Crippen LogP contribution in [0.1, 0.15) is 38.2 Å². The normalized spacial score (nSPS) is 10.8. The van der Waals surface area contributed by atoms with Crippen LogP contribution in [0.3, 0.4) is 0 Å². The van der Waals surface area contributed by atoms with Gasteiger partial charge < -0.3 is 22.9 Å². The van der Waals surface area contributed by atoms with Crippen molar-refractivity contribution in [3.63, 3.8) is 0 Å². The Morgan fingerprint density at radius 1 is 0.950 bits per heavy atom. The molecule has 6 heteroatoms. The highest BCUT2D eigenvalue weighted by atomic mass is 15.2. The third kappa shape index (κ3) is 4.46. The number of benzene rings is 1. The van der Waals surface area contributed by atoms with Gasteiger partial charge in [-0.15, -0.1) is 0 Å². The Kier molecular flexibility index (Phi) is 5.83. The van der Waals surface area contributed by atoms with E-state index in [1.165, 1.54) is 0 Å². The predicted molar refractivity (Wildman–Crippen MR) is 83.9 cm³/mol. The molecule has 0 atom stereocenters. The average Bonchev–Trinajstić information content (AvgIpc) is 2.38. The first-order valence-corrected chi connectivity index (χ1v) is 6.77. The van der Waals surface area contributed by atoms with Gasteiger partial charge in [-0.1, -0.05) is 50.1 Å². The predicted octanol–water partition coefficient (Wildman–Crippen LogP) is 0.967. The first kappa shape index (κ1) is 15.8. The molecule has 0 aromatic heterocycles. The maximum absolute atomic E-state index is 5.57. The SMILES string of the molecule is CCCCCC(N=C(N)N)(N=C(N)N)c1ccccc1. The van der Waals surface area contributed by atoms with Crippen LogP contribution >= 0.6 is 0 Å². The van der Waals surface area contributed by atoms with Gasteiger partial charge in [0.15, 0.2) is 17.6 Å². The van der Waals surface area contributed by atoms with Crippen molar-refractivity contribution in [3.05, 3.63) is 35.9 Å². The van der Waals surface area contributed by atoms with E-state index in [-0.39, 0.29) is 11.9 Å². The van der Waals surface area contributed by atoms with Crippen molar-refractivity contribution in [2.75, 3.05) is 0 Å². The summed E-state index contributed by atoms with van der Waals surface area (Å²) in [6, 6.07) is 9.59. The minimum absolute atomic E-state index is 0.0321. The van der Waals surface area contributed by atoms with Crippen LogP contribution in [0.4, 0.5) is 0 Å². The Labute approximate surface area is 120 Å².